The molecular weight excluding hydrogens is 208 g/mol. The standard InChI is InChI=1S/C11H22N2O3/c1-3-16-11(14)10-13-6-4-12(5-7-13)8-9-15-2/h3-10H2,1-2H3. The van der Waals surface area contributed by atoms with Crippen LogP contribution in [0.25, 0.3) is 0 Å². The summed E-state index contributed by atoms with van der Waals surface area (Å²) in [5.41, 5.74) is 0. The minimum absolute atomic E-state index is 0.118. The third-order valence-electron chi connectivity index (χ3n) is 2.73. The van der Waals surface area contributed by atoms with Gasteiger partial charge in [-0.3, -0.25) is 14.6 Å². The van der Waals surface area contributed by atoms with Gasteiger partial charge in [-0.15, -0.1) is 0 Å². The van der Waals surface area contributed by atoms with E-state index in [1.54, 1.807) is 7.11 Å². The van der Waals surface area contributed by atoms with Gasteiger partial charge in [-0.25, -0.2) is 0 Å². The van der Waals surface area contributed by atoms with Crippen LogP contribution in [0.4, 0.5) is 0 Å². The average Bonchev–Trinajstić information content (AvgIpc) is 2.28. The van der Waals surface area contributed by atoms with Crippen molar-refractivity contribution in [2.45, 2.75) is 6.92 Å². The first-order valence-corrected chi connectivity index (χ1v) is 5.85. The lowest BCUT2D eigenvalue weighted by Gasteiger charge is -2.33. The highest BCUT2D eigenvalue weighted by Gasteiger charge is 2.18. The van der Waals surface area contributed by atoms with Crippen molar-refractivity contribution < 1.29 is 14.3 Å². The molecule has 1 saturated heterocycles. The van der Waals surface area contributed by atoms with Crippen molar-refractivity contribution in [1.82, 2.24) is 9.80 Å². The molecule has 1 aliphatic rings. The van der Waals surface area contributed by atoms with Gasteiger partial charge in [0.25, 0.3) is 0 Å². The monoisotopic (exact) mass is 230 g/mol. The van der Waals surface area contributed by atoms with Gasteiger partial charge in [-0.1, -0.05) is 0 Å². The van der Waals surface area contributed by atoms with Gasteiger partial charge in [0.2, 0.25) is 0 Å². The molecule has 1 rings (SSSR count). The topological polar surface area (TPSA) is 42.0 Å². The van der Waals surface area contributed by atoms with E-state index in [0.717, 1.165) is 39.3 Å². The lowest BCUT2D eigenvalue weighted by molar-refractivity contribution is -0.144. The molecule has 0 unspecified atom stereocenters. The van der Waals surface area contributed by atoms with E-state index in [0.29, 0.717) is 13.2 Å². The van der Waals surface area contributed by atoms with E-state index >= 15 is 0 Å². The van der Waals surface area contributed by atoms with Crippen LogP contribution in [0.3, 0.4) is 0 Å². The number of hydrogen-bond acceptors (Lipinski definition) is 5. The zero-order chi connectivity index (χ0) is 11.8. The van der Waals surface area contributed by atoms with Crippen molar-refractivity contribution in [3.05, 3.63) is 0 Å². The normalized spacial score (nSPS) is 18.6. The van der Waals surface area contributed by atoms with Gasteiger partial charge in [0.1, 0.15) is 0 Å². The Bertz CT molecular complexity index is 203. The van der Waals surface area contributed by atoms with E-state index in [9.17, 15) is 4.79 Å². The van der Waals surface area contributed by atoms with Crippen LogP contribution in [0.5, 0.6) is 0 Å². The fraction of sp³-hybridized carbons (Fsp3) is 0.909. The van der Waals surface area contributed by atoms with Crippen LogP contribution < -0.4 is 0 Å². The number of carbonyl (C=O) groups excluding carboxylic acids is 1. The molecule has 94 valence electrons. The highest BCUT2D eigenvalue weighted by Crippen LogP contribution is 2.01. The molecule has 0 bridgehead atoms. The number of esters is 1. The van der Waals surface area contributed by atoms with E-state index < -0.39 is 0 Å². The molecule has 0 aromatic rings. The Morgan fingerprint density at radius 1 is 1.19 bits per heavy atom. The van der Waals surface area contributed by atoms with Crippen LogP contribution in [0.2, 0.25) is 0 Å². The van der Waals surface area contributed by atoms with Crippen LogP contribution in [0.1, 0.15) is 6.92 Å². The lowest BCUT2D eigenvalue weighted by Crippen LogP contribution is -2.48. The fourth-order valence-corrected chi connectivity index (χ4v) is 1.78. The average molecular weight is 230 g/mol. The van der Waals surface area contributed by atoms with Crippen molar-refractivity contribution in [2.24, 2.45) is 0 Å². The Balaban J connectivity index is 2.14. The highest BCUT2D eigenvalue weighted by atomic mass is 16.5. The van der Waals surface area contributed by atoms with Gasteiger partial charge in [0.05, 0.1) is 19.8 Å². The van der Waals surface area contributed by atoms with Crippen molar-refractivity contribution in [2.75, 3.05) is 59.6 Å². The van der Waals surface area contributed by atoms with Crippen LogP contribution in [-0.4, -0.2) is 75.4 Å². The van der Waals surface area contributed by atoms with Crippen LogP contribution in [-0.2, 0) is 14.3 Å². The van der Waals surface area contributed by atoms with Crippen LogP contribution in [0, 0.1) is 0 Å². The predicted octanol–water partition coefficient (Wildman–Crippen LogP) is -0.186. The lowest BCUT2D eigenvalue weighted by atomic mass is 10.3. The first-order chi connectivity index (χ1) is 7.76. The molecule has 0 amide bonds. The quantitative estimate of drug-likeness (QED) is 0.592. The number of ether oxygens (including phenoxy) is 2. The minimum atomic E-state index is -0.118. The van der Waals surface area contributed by atoms with E-state index in [-0.39, 0.29) is 5.97 Å². The number of methoxy groups -OCH3 is 1. The van der Waals surface area contributed by atoms with E-state index in [4.69, 9.17) is 9.47 Å². The molecule has 0 aliphatic carbocycles. The predicted molar refractivity (Wildman–Crippen MR) is 61.4 cm³/mol. The van der Waals surface area contributed by atoms with E-state index in [1.165, 1.54) is 0 Å². The maximum absolute atomic E-state index is 11.3. The Labute approximate surface area is 97.3 Å². The summed E-state index contributed by atoms with van der Waals surface area (Å²) in [4.78, 5) is 15.8. The number of piperazine rings is 1. The van der Waals surface area contributed by atoms with Crippen molar-refractivity contribution >= 4 is 5.97 Å². The first-order valence-electron chi connectivity index (χ1n) is 5.85. The summed E-state index contributed by atoms with van der Waals surface area (Å²) >= 11 is 0. The summed E-state index contributed by atoms with van der Waals surface area (Å²) in [5, 5.41) is 0. The summed E-state index contributed by atoms with van der Waals surface area (Å²) in [5.74, 6) is -0.118. The third kappa shape index (κ3) is 4.92. The molecule has 1 fully saturated rings. The zero-order valence-corrected chi connectivity index (χ0v) is 10.3. The van der Waals surface area contributed by atoms with Crippen molar-refractivity contribution in [3.63, 3.8) is 0 Å². The van der Waals surface area contributed by atoms with Crippen LogP contribution >= 0.6 is 0 Å². The highest BCUT2D eigenvalue weighted by molar-refractivity contribution is 5.71. The molecule has 5 heteroatoms. The number of hydrogen-bond donors (Lipinski definition) is 0. The molecule has 0 radical (unpaired) electrons. The maximum atomic E-state index is 11.3. The Kier molecular flexibility index (Phi) is 6.37. The number of nitrogens with zero attached hydrogens (tertiary/aromatic N) is 2. The molecule has 5 nitrogen and oxygen atoms in total. The number of rotatable bonds is 6. The van der Waals surface area contributed by atoms with Gasteiger partial charge in [0.15, 0.2) is 0 Å². The molecule has 0 N–H and O–H groups in total. The fourth-order valence-electron chi connectivity index (χ4n) is 1.78. The SMILES string of the molecule is CCOC(=O)CN1CCN(CCOC)CC1. The molecule has 0 aromatic carbocycles. The second-order valence-corrected chi connectivity index (χ2v) is 3.92. The second-order valence-electron chi connectivity index (χ2n) is 3.92. The Morgan fingerprint density at radius 2 is 1.81 bits per heavy atom. The first kappa shape index (κ1) is 13.4. The van der Waals surface area contributed by atoms with E-state index in [2.05, 4.69) is 9.80 Å². The largest absolute Gasteiger partial charge is 0.465 e. The smallest absolute Gasteiger partial charge is 0.320 e. The van der Waals surface area contributed by atoms with Gasteiger partial charge < -0.3 is 9.47 Å². The summed E-state index contributed by atoms with van der Waals surface area (Å²) < 4.78 is 9.96. The van der Waals surface area contributed by atoms with Crippen molar-refractivity contribution in [3.8, 4) is 0 Å². The zero-order valence-electron chi connectivity index (χ0n) is 10.3. The van der Waals surface area contributed by atoms with Gasteiger partial charge in [-0.2, -0.15) is 0 Å². The molecule has 1 aliphatic heterocycles. The molecule has 0 spiro atoms. The second kappa shape index (κ2) is 7.60. The molecule has 0 aromatic heterocycles. The minimum Gasteiger partial charge on any atom is -0.465 e. The Hall–Kier alpha value is -0.650. The molecular formula is C11H22N2O3. The maximum Gasteiger partial charge on any atom is 0.320 e. The third-order valence-corrected chi connectivity index (χ3v) is 2.73. The summed E-state index contributed by atoms with van der Waals surface area (Å²) in [7, 11) is 1.72. The van der Waals surface area contributed by atoms with E-state index in [1.807, 2.05) is 6.92 Å². The molecule has 16 heavy (non-hydrogen) atoms. The van der Waals surface area contributed by atoms with Crippen LogP contribution in [0.15, 0.2) is 0 Å². The number of carbonyl (C=O) groups is 1. The van der Waals surface area contributed by atoms with Gasteiger partial charge in [0, 0.05) is 39.8 Å². The summed E-state index contributed by atoms with van der Waals surface area (Å²) in [6.45, 7) is 8.34. The summed E-state index contributed by atoms with van der Waals surface area (Å²) in [6.07, 6.45) is 0. The molecule has 0 saturated carbocycles. The molecule has 1 heterocycles. The summed E-state index contributed by atoms with van der Waals surface area (Å²) in [6, 6.07) is 0. The van der Waals surface area contributed by atoms with Gasteiger partial charge in [-0.05, 0) is 6.92 Å². The molecule has 0 atom stereocenters. The van der Waals surface area contributed by atoms with Gasteiger partial charge >= 0.3 is 5.97 Å². The Morgan fingerprint density at radius 3 is 2.38 bits per heavy atom. The van der Waals surface area contributed by atoms with Crippen molar-refractivity contribution in [1.29, 1.82) is 0 Å².